The fraction of sp³-hybridized carbons (Fsp3) is 0.214. The van der Waals surface area contributed by atoms with E-state index < -0.39 is 29.5 Å². The molecule has 40 heavy (non-hydrogen) atoms. The van der Waals surface area contributed by atoms with E-state index in [4.69, 9.17) is 14.2 Å². The minimum atomic E-state index is -1.19. The highest BCUT2D eigenvalue weighted by atomic mass is 79.9. The Morgan fingerprint density at radius 1 is 1.27 bits per heavy atom. The van der Waals surface area contributed by atoms with Crippen molar-refractivity contribution in [1.82, 2.24) is 4.98 Å². The molecule has 208 valence electrons. The average molecular weight is 629 g/mol. The first kappa shape index (κ1) is 28.8. The van der Waals surface area contributed by atoms with Gasteiger partial charge in [0.1, 0.15) is 23.0 Å². The Labute approximate surface area is 242 Å². The number of ketones is 1. The molecule has 1 amide bonds. The van der Waals surface area contributed by atoms with E-state index in [9.17, 15) is 24.6 Å². The highest BCUT2D eigenvalue weighted by molar-refractivity contribution is 9.10. The van der Waals surface area contributed by atoms with Crippen LogP contribution in [0, 0.1) is 6.92 Å². The largest absolute Gasteiger partial charge is 0.507 e. The molecule has 3 aromatic rings. The number of Topliss-reactive ketones (excluding diaryl/α,β-unsaturated/α-hetero) is 1. The Balaban J connectivity index is 1.95. The lowest BCUT2D eigenvalue weighted by Gasteiger charge is -2.24. The number of aliphatic hydroxyl groups is 1. The summed E-state index contributed by atoms with van der Waals surface area (Å²) in [5, 5.41) is 21.9. The average Bonchev–Trinajstić information content (AvgIpc) is 3.45. The molecule has 10 nitrogen and oxygen atoms in total. The molecule has 2 N–H and O–H groups in total. The van der Waals surface area contributed by atoms with Crippen LogP contribution in [0.3, 0.4) is 0 Å². The summed E-state index contributed by atoms with van der Waals surface area (Å²) in [4.78, 5) is 45.3. The third-order valence-electron chi connectivity index (χ3n) is 5.96. The Hall–Kier alpha value is -4.16. The second-order valence-corrected chi connectivity index (χ2v) is 10.3. The molecule has 12 heteroatoms. The van der Waals surface area contributed by atoms with Gasteiger partial charge in [-0.1, -0.05) is 36.1 Å². The number of benzene rings is 2. The second-order valence-electron chi connectivity index (χ2n) is 8.48. The lowest BCUT2D eigenvalue weighted by atomic mass is 9.95. The van der Waals surface area contributed by atoms with Gasteiger partial charge in [-0.15, -0.1) is 0 Å². The molecule has 0 bridgehead atoms. The summed E-state index contributed by atoms with van der Waals surface area (Å²) in [6.07, 6.45) is 1.42. The Bertz CT molecular complexity index is 1550. The summed E-state index contributed by atoms with van der Waals surface area (Å²) < 4.78 is 16.2. The molecule has 1 unspecified atom stereocenters. The standard InChI is InChI=1S/C28H25BrN2O8S/c1-5-10-39-27(36)25-14(3)30-28(40-25)31-21(16-12-18(29)23(33)19(13-16)37-4)20(24(34)26(31)35)22(32)15-8-7-9-17(11-15)38-6-2/h5,7-9,11-13,21,32-33H,1,6,10H2,2-4H3. The first-order chi connectivity index (χ1) is 19.1. The Morgan fingerprint density at radius 2 is 2.02 bits per heavy atom. The number of thiazole rings is 1. The lowest BCUT2D eigenvalue weighted by Crippen LogP contribution is -2.29. The molecule has 2 heterocycles. The zero-order valence-corrected chi connectivity index (χ0v) is 24.2. The van der Waals surface area contributed by atoms with Gasteiger partial charge in [0.15, 0.2) is 16.6 Å². The molecule has 0 aliphatic carbocycles. The van der Waals surface area contributed by atoms with E-state index in [1.807, 2.05) is 6.92 Å². The Kier molecular flexibility index (Phi) is 8.60. The topological polar surface area (TPSA) is 135 Å². The third-order valence-corrected chi connectivity index (χ3v) is 7.70. The number of hydrogen-bond donors (Lipinski definition) is 2. The highest BCUT2D eigenvalue weighted by Crippen LogP contribution is 2.47. The lowest BCUT2D eigenvalue weighted by molar-refractivity contribution is -0.132. The normalized spacial score (nSPS) is 16.2. The van der Waals surface area contributed by atoms with Crippen LogP contribution in [0.4, 0.5) is 5.13 Å². The van der Waals surface area contributed by atoms with Crippen molar-refractivity contribution in [3.63, 3.8) is 0 Å². The molecule has 1 atom stereocenters. The first-order valence-corrected chi connectivity index (χ1v) is 13.6. The van der Waals surface area contributed by atoms with Crippen LogP contribution in [0.15, 0.2) is 59.1 Å². The number of aryl methyl sites for hydroxylation is 1. The third kappa shape index (κ3) is 5.32. The van der Waals surface area contributed by atoms with Gasteiger partial charge in [0, 0.05) is 5.56 Å². The minimum Gasteiger partial charge on any atom is -0.507 e. The summed E-state index contributed by atoms with van der Waals surface area (Å²) in [6, 6.07) is 8.25. The number of ether oxygens (including phenoxy) is 3. The number of methoxy groups -OCH3 is 1. The maximum absolute atomic E-state index is 13.5. The quantitative estimate of drug-likeness (QED) is 0.106. The van der Waals surface area contributed by atoms with Crippen molar-refractivity contribution in [3.05, 3.63) is 80.8 Å². The van der Waals surface area contributed by atoms with Gasteiger partial charge in [-0.2, -0.15) is 0 Å². The van der Waals surface area contributed by atoms with Crippen LogP contribution < -0.4 is 14.4 Å². The summed E-state index contributed by atoms with van der Waals surface area (Å²) in [7, 11) is 1.35. The molecule has 0 radical (unpaired) electrons. The number of phenols is 1. The van der Waals surface area contributed by atoms with E-state index in [0.717, 1.165) is 16.2 Å². The van der Waals surface area contributed by atoms with Crippen molar-refractivity contribution < 1.29 is 38.8 Å². The van der Waals surface area contributed by atoms with E-state index in [2.05, 4.69) is 27.5 Å². The number of anilines is 1. The Morgan fingerprint density at radius 3 is 2.70 bits per heavy atom. The number of hydrogen-bond acceptors (Lipinski definition) is 10. The van der Waals surface area contributed by atoms with Crippen LogP contribution >= 0.6 is 27.3 Å². The number of esters is 1. The summed E-state index contributed by atoms with van der Waals surface area (Å²) in [5.41, 5.74) is 0.653. The predicted octanol–water partition coefficient (Wildman–Crippen LogP) is 5.30. The number of rotatable bonds is 9. The number of nitrogens with zero attached hydrogens (tertiary/aromatic N) is 2. The van der Waals surface area contributed by atoms with E-state index in [1.54, 1.807) is 31.2 Å². The predicted molar refractivity (Wildman–Crippen MR) is 152 cm³/mol. The number of aliphatic hydroxyl groups excluding tert-OH is 1. The molecule has 1 fully saturated rings. The van der Waals surface area contributed by atoms with Crippen molar-refractivity contribution in [3.8, 4) is 17.2 Å². The van der Waals surface area contributed by atoms with Gasteiger partial charge in [0.25, 0.3) is 5.78 Å². The first-order valence-electron chi connectivity index (χ1n) is 12.0. The second kappa shape index (κ2) is 11.9. The monoisotopic (exact) mass is 628 g/mol. The zero-order valence-electron chi connectivity index (χ0n) is 21.8. The fourth-order valence-electron chi connectivity index (χ4n) is 4.18. The van der Waals surface area contributed by atoms with Crippen molar-refractivity contribution in [2.75, 3.05) is 25.2 Å². The van der Waals surface area contributed by atoms with Crippen LogP contribution in [0.5, 0.6) is 17.2 Å². The molecule has 2 aromatic carbocycles. The minimum absolute atomic E-state index is 0.0157. The molecular formula is C28H25BrN2O8S. The summed E-state index contributed by atoms with van der Waals surface area (Å²) >= 11 is 4.15. The molecule has 1 aromatic heterocycles. The molecule has 0 spiro atoms. The van der Waals surface area contributed by atoms with Gasteiger partial charge in [-0.3, -0.25) is 14.5 Å². The molecule has 1 aliphatic rings. The maximum Gasteiger partial charge on any atom is 0.350 e. The SMILES string of the molecule is C=CCOC(=O)c1sc(N2C(=O)C(=O)C(=C(O)c3cccc(OCC)c3)C2c2cc(Br)c(O)c(OC)c2)nc1C. The number of carbonyl (C=O) groups excluding carboxylic acids is 3. The van der Waals surface area contributed by atoms with Gasteiger partial charge >= 0.3 is 11.9 Å². The number of carbonyl (C=O) groups is 3. The van der Waals surface area contributed by atoms with Crippen molar-refractivity contribution in [2.24, 2.45) is 0 Å². The molecular weight excluding hydrogens is 604 g/mol. The number of phenolic OH excluding ortho intramolecular Hbond substituents is 1. The van der Waals surface area contributed by atoms with Crippen molar-refractivity contribution in [1.29, 1.82) is 0 Å². The van der Waals surface area contributed by atoms with Crippen molar-refractivity contribution >= 4 is 55.8 Å². The zero-order chi connectivity index (χ0) is 29.1. The summed E-state index contributed by atoms with van der Waals surface area (Å²) in [5.74, 6) is -2.68. The number of aromatic nitrogens is 1. The smallest absolute Gasteiger partial charge is 0.350 e. The van der Waals surface area contributed by atoms with E-state index in [0.29, 0.717) is 23.6 Å². The molecule has 1 aliphatic heterocycles. The van der Waals surface area contributed by atoms with Crippen LogP contribution in [0.2, 0.25) is 0 Å². The maximum atomic E-state index is 13.5. The van der Waals surface area contributed by atoms with Gasteiger partial charge in [-0.05, 0) is 59.6 Å². The van der Waals surface area contributed by atoms with E-state index >= 15 is 0 Å². The molecule has 4 rings (SSSR count). The van der Waals surface area contributed by atoms with E-state index in [1.165, 1.54) is 25.3 Å². The van der Waals surface area contributed by atoms with Gasteiger partial charge in [0.05, 0.1) is 35.5 Å². The van der Waals surface area contributed by atoms with Gasteiger partial charge < -0.3 is 24.4 Å². The van der Waals surface area contributed by atoms with Crippen LogP contribution in [0.1, 0.15) is 39.5 Å². The summed E-state index contributed by atoms with van der Waals surface area (Å²) in [6.45, 7) is 7.28. The number of amides is 1. The van der Waals surface area contributed by atoms with Crippen molar-refractivity contribution in [2.45, 2.75) is 19.9 Å². The van der Waals surface area contributed by atoms with Gasteiger partial charge in [-0.25, -0.2) is 9.78 Å². The van der Waals surface area contributed by atoms with Crippen LogP contribution in [0.25, 0.3) is 5.76 Å². The number of halogens is 1. The molecule has 0 saturated carbocycles. The fourth-order valence-corrected chi connectivity index (χ4v) is 5.63. The highest BCUT2D eigenvalue weighted by Gasteiger charge is 2.49. The van der Waals surface area contributed by atoms with Crippen LogP contribution in [-0.2, 0) is 14.3 Å². The number of aromatic hydroxyl groups is 1. The van der Waals surface area contributed by atoms with E-state index in [-0.39, 0.29) is 43.7 Å². The molecule has 1 saturated heterocycles. The van der Waals surface area contributed by atoms with Crippen LogP contribution in [-0.4, -0.2) is 53.2 Å². The van der Waals surface area contributed by atoms with Gasteiger partial charge in [0.2, 0.25) is 0 Å².